The summed E-state index contributed by atoms with van der Waals surface area (Å²) in [5, 5.41) is 0. The van der Waals surface area contributed by atoms with Crippen LogP contribution in [0.1, 0.15) is 46.9 Å². The number of carbonyl (C=O) groups excluding carboxylic acids is 2. The molecule has 0 bridgehead atoms. The van der Waals surface area contributed by atoms with Crippen molar-refractivity contribution in [3.05, 3.63) is 34.2 Å². The summed E-state index contributed by atoms with van der Waals surface area (Å²) in [5.74, 6) is 1.28. The van der Waals surface area contributed by atoms with E-state index in [2.05, 4.69) is 6.92 Å². The van der Waals surface area contributed by atoms with E-state index in [0.717, 1.165) is 25.0 Å². The molecule has 0 radical (unpaired) electrons. The molecule has 0 saturated carbocycles. The van der Waals surface area contributed by atoms with Gasteiger partial charge in [-0.05, 0) is 24.3 Å². The number of allylic oxidation sites excluding steroid dienone is 2. The highest BCUT2D eigenvalue weighted by Gasteiger charge is 2.31. The van der Waals surface area contributed by atoms with E-state index in [-0.39, 0.29) is 11.6 Å². The van der Waals surface area contributed by atoms with Gasteiger partial charge in [-0.3, -0.25) is 9.59 Å². The number of ketones is 2. The molecule has 0 unspecified atom stereocenters. The monoisotopic (exact) mass is 320 g/mol. The topological polar surface area (TPSA) is 52.6 Å². The molecule has 0 N–H and O–H groups in total. The lowest BCUT2D eigenvalue weighted by Gasteiger charge is -2.19. The summed E-state index contributed by atoms with van der Waals surface area (Å²) >= 11 is 1.44. The number of carbonyl (C=O) groups is 2. The smallest absolute Gasteiger partial charge is 0.204 e. The van der Waals surface area contributed by atoms with E-state index in [0.29, 0.717) is 27.5 Å². The minimum Gasteiger partial charge on any atom is -0.496 e. The Kier molecular flexibility index (Phi) is 5.66. The fraction of sp³-hybridized carbons (Fsp3) is 0.412. The van der Waals surface area contributed by atoms with Crippen molar-refractivity contribution in [2.75, 3.05) is 20.0 Å². The van der Waals surface area contributed by atoms with Crippen LogP contribution in [0.4, 0.5) is 0 Å². The van der Waals surface area contributed by atoms with E-state index in [1.807, 2.05) is 0 Å². The molecule has 0 saturated heterocycles. The van der Waals surface area contributed by atoms with Crippen molar-refractivity contribution < 1.29 is 19.1 Å². The third kappa shape index (κ3) is 3.19. The lowest BCUT2D eigenvalue weighted by molar-refractivity contribution is 0.0986. The molecule has 1 aliphatic rings. The van der Waals surface area contributed by atoms with E-state index < -0.39 is 0 Å². The molecule has 0 heterocycles. The van der Waals surface area contributed by atoms with Crippen molar-refractivity contribution >= 4 is 23.3 Å². The number of hydrogen-bond acceptors (Lipinski definition) is 5. The largest absolute Gasteiger partial charge is 0.496 e. The second-order valence-corrected chi connectivity index (χ2v) is 6.11. The number of unbranched alkanes of at least 4 members (excludes halogenated alkanes) is 2. The summed E-state index contributed by atoms with van der Waals surface area (Å²) in [7, 11) is 2.98. The summed E-state index contributed by atoms with van der Waals surface area (Å²) in [6, 6.07) is 3.31. The minimum absolute atomic E-state index is 0.160. The highest BCUT2D eigenvalue weighted by atomic mass is 32.2. The Balaban J connectivity index is 2.34. The number of fused-ring (bicyclic) bond motifs is 1. The molecule has 22 heavy (non-hydrogen) atoms. The van der Waals surface area contributed by atoms with Gasteiger partial charge in [-0.2, -0.15) is 0 Å². The zero-order chi connectivity index (χ0) is 16.1. The Hall–Kier alpha value is -1.75. The quantitative estimate of drug-likeness (QED) is 0.713. The van der Waals surface area contributed by atoms with E-state index in [1.54, 1.807) is 12.1 Å². The van der Waals surface area contributed by atoms with Crippen LogP contribution in [0.3, 0.4) is 0 Å². The van der Waals surface area contributed by atoms with E-state index in [1.165, 1.54) is 32.1 Å². The van der Waals surface area contributed by atoms with Crippen molar-refractivity contribution in [1.82, 2.24) is 0 Å². The fourth-order valence-corrected chi connectivity index (χ4v) is 3.39. The molecule has 2 rings (SSSR count). The van der Waals surface area contributed by atoms with Gasteiger partial charge in [0.05, 0.1) is 30.3 Å². The normalized spacial score (nSPS) is 13.7. The second kappa shape index (κ2) is 7.49. The SMILES string of the molecule is CCCCCSC1=CC(=O)c2c(OC)ccc(OC)c2C1=O. The molecule has 0 aliphatic heterocycles. The molecule has 1 aromatic carbocycles. The van der Waals surface area contributed by atoms with Crippen molar-refractivity contribution in [2.45, 2.75) is 26.2 Å². The van der Waals surface area contributed by atoms with Gasteiger partial charge >= 0.3 is 0 Å². The van der Waals surface area contributed by atoms with Crippen LogP contribution in [0.5, 0.6) is 11.5 Å². The van der Waals surface area contributed by atoms with Gasteiger partial charge in [0.1, 0.15) is 11.5 Å². The van der Waals surface area contributed by atoms with Gasteiger partial charge in [-0.1, -0.05) is 19.8 Å². The van der Waals surface area contributed by atoms with Crippen molar-refractivity contribution in [3.63, 3.8) is 0 Å². The molecule has 118 valence electrons. The second-order valence-electron chi connectivity index (χ2n) is 4.98. The van der Waals surface area contributed by atoms with Crippen molar-refractivity contribution in [3.8, 4) is 11.5 Å². The summed E-state index contributed by atoms with van der Waals surface area (Å²) in [6.45, 7) is 2.13. The molecule has 4 nitrogen and oxygen atoms in total. The average molecular weight is 320 g/mol. The predicted octanol–water partition coefficient (Wildman–Crippen LogP) is 3.89. The van der Waals surface area contributed by atoms with Gasteiger partial charge in [0.2, 0.25) is 5.78 Å². The Morgan fingerprint density at radius 2 is 1.64 bits per heavy atom. The van der Waals surface area contributed by atoms with Crippen LogP contribution in [-0.2, 0) is 0 Å². The van der Waals surface area contributed by atoms with Crippen LogP contribution >= 0.6 is 11.8 Å². The van der Waals surface area contributed by atoms with Gasteiger partial charge in [-0.25, -0.2) is 0 Å². The summed E-state index contributed by atoms with van der Waals surface area (Å²) in [5.41, 5.74) is 0.608. The first-order chi connectivity index (χ1) is 10.6. The lowest BCUT2D eigenvalue weighted by Crippen LogP contribution is -2.18. The number of rotatable bonds is 7. The fourth-order valence-electron chi connectivity index (χ4n) is 2.40. The highest BCUT2D eigenvalue weighted by molar-refractivity contribution is 8.04. The van der Waals surface area contributed by atoms with E-state index in [9.17, 15) is 9.59 Å². The zero-order valence-electron chi connectivity index (χ0n) is 13.1. The summed E-state index contributed by atoms with van der Waals surface area (Å²) in [4.78, 5) is 25.6. The minimum atomic E-state index is -0.205. The predicted molar refractivity (Wildman–Crippen MR) is 88.3 cm³/mol. The number of Topliss-reactive ketones (excluding diaryl/α,β-unsaturated/α-hetero) is 1. The lowest BCUT2D eigenvalue weighted by atomic mass is 9.93. The molecule has 5 heteroatoms. The number of hydrogen-bond donors (Lipinski definition) is 0. The zero-order valence-corrected chi connectivity index (χ0v) is 13.9. The molecular formula is C17H20O4S. The number of ether oxygens (including phenoxy) is 2. The Labute approximate surface area is 134 Å². The van der Waals surface area contributed by atoms with Crippen LogP contribution in [0.15, 0.2) is 23.1 Å². The molecule has 0 atom stereocenters. The summed E-state index contributed by atoms with van der Waals surface area (Å²) < 4.78 is 10.5. The van der Waals surface area contributed by atoms with Gasteiger partial charge in [0, 0.05) is 6.08 Å². The third-order valence-corrected chi connectivity index (χ3v) is 4.64. The Morgan fingerprint density at radius 3 is 2.23 bits per heavy atom. The Morgan fingerprint density at radius 1 is 1.00 bits per heavy atom. The van der Waals surface area contributed by atoms with Crippen LogP contribution in [-0.4, -0.2) is 31.5 Å². The van der Waals surface area contributed by atoms with Gasteiger partial charge in [0.15, 0.2) is 5.78 Å². The number of thioether (sulfide) groups is 1. The van der Waals surface area contributed by atoms with E-state index >= 15 is 0 Å². The van der Waals surface area contributed by atoms with Crippen LogP contribution in [0.2, 0.25) is 0 Å². The van der Waals surface area contributed by atoms with Crippen molar-refractivity contribution in [2.24, 2.45) is 0 Å². The third-order valence-electron chi connectivity index (χ3n) is 3.53. The maximum atomic E-state index is 12.7. The standard InChI is InChI=1S/C17H20O4S/c1-4-5-6-9-22-14-10-11(18)15-12(20-2)7-8-13(21-3)16(15)17(14)19/h7-8,10H,4-6,9H2,1-3H3. The van der Waals surface area contributed by atoms with Gasteiger partial charge in [-0.15, -0.1) is 11.8 Å². The molecule has 0 amide bonds. The molecule has 1 aromatic rings. The van der Waals surface area contributed by atoms with Gasteiger partial charge < -0.3 is 9.47 Å². The van der Waals surface area contributed by atoms with E-state index in [4.69, 9.17) is 9.47 Å². The maximum absolute atomic E-state index is 12.7. The summed E-state index contributed by atoms with van der Waals surface area (Å²) in [6.07, 6.45) is 4.70. The van der Waals surface area contributed by atoms with Gasteiger partial charge in [0.25, 0.3) is 0 Å². The molecule has 1 aliphatic carbocycles. The molecular weight excluding hydrogens is 300 g/mol. The first-order valence-corrected chi connectivity index (χ1v) is 8.31. The maximum Gasteiger partial charge on any atom is 0.204 e. The average Bonchev–Trinajstić information content (AvgIpc) is 2.54. The van der Waals surface area contributed by atoms with Crippen LogP contribution < -0.4 is 9.47 Å². The number of methoxy groups -OCH3 is 2. The molecule has 0 spiro atoms. The first-order valence-electron chi connectivity index (χ1n) is 7.32. The van der Waals surface area contributed by atoms with Crippen molar-refractivity contribution in [1.29, 1.82) is 0 Å². The van der Waals surface area contributed by atoms with Crippen LogP contribution in [0, 0.1) is 0 Å². The molecule has 0 fully saturated rings. The number of benzene rings is 1. The first kappa shape index (κ1) is 16.6. The highest BCUT2D eigenvalue weighted by Crippen LogP contribution is 2.38. The Bertz CT molecular complexity index is 619. The van der Waals surface area contributed by atoms with Crippen LogP contribution in [0.25, 0.3) is 0 Å². The molecule has 0 aromatic heterocycles.